The monoisotopic (exact) mass is 425 g/mol. The van der Waals surface area contributed by atoms with Crippen LogP contribution in [0.5, 0.6) is 0 Å². The number of benzene rings is 1. The molecule has 0 amide bonds. The van der Waals surface area contributed by atoms with E-state index in [2.05, 4.69) is 28.8 Å². The molecule has 3 rings (SSSR count). The molecule has 0 fully saturated rings. The maximum Gasteiger partial charge on any atom is 0.337 e. The van der Waals surface area contributed by atoms with Crippen LogP contribution in [0.2, 0.25) is 0 Å². The van der Waals surface area contributed by atoms with Crippen LogP contribution in [-0.2, 0) is 9.53 Å². The lowest BCUT2D eigenvalue weighted by molar-refractivity contribution is -0.138. The topological polar surface area (TPSA) is 84.1 Å². The molecule has 7 heteroatoms. The average molecular weight is 426 g/mol. The first-order valence-electron chi connectivity index (χ1n) is 10.1. The number of fused-ring (bicyclic) bond motifs is 1. The number of carbonyl (C=O) groups is 1. The number of rotatable bonds is 8. The van der Waals surface area contributed by atoms with Gasteiger partial charge in [-0.05, 0) is 31.4 Å². The summed E-state index contributed by atoms with van der Waals surface area (Å²) in [6.07, 6.45) is 3.64. The summed E-state index contributed by atoms with van der Waals surface area (Å²) in [5.41, 5.74) is 3.09. The number of hydrogen-bond acceptors (Lipinski definition) is 6. The molecule has 0 saturated carbocycles. The molecule has 158 valence electrons. The molecule has 0 radical (unpaired) electrons. The number of aromatic nitrogens is 2. The molecule has 30 heavy (non-hydrogen) atoms. The standard InChI is InChI=1S/C23H27N3O3S/c1-5-7-13-30-23-25-20-19(21(27)26-23)18(16-11-9-8-10-14(16)3)17(15(4)24-20)22(28)29-12-6-2/h6,8-11,18H,2,5,7,12-13H2,1,3-4H3,(H2,24,25,26,27)/t18-/m0/s1. The second kappa shape index (κ2) is 9.80. The number of thioether (sulfide) groups is 1. The number of hydrogen-bond donors (Lipinski definition) is 2. The largest absolute Gasteiger partial charge is 0.458 e. The van der Waals surface area contributed by atoms with Gasteiger partial charge in [-0.3, -0.25) is 4.79 Å². The van der Waals surface area contributed by atoms with Crippen LogP contribution in [0.3, 0.4) is 0 Å². The first kappa shape index (κ1) is 21.9. The molecule has 0 aliphatic carbocycles. The summed E-state index contributed by atoms with van der Waals surface area (Å²) in [6, 6.07) is 7.74. The molecule has 0 saturated heterocycles. The molecule has 1 aliphatic heterocycles. The third-order valence-corrected chi connectivity index (χ3v) is 5.97. The Balaban J connectivity index is 2.14. The molecule has 1 atom stereocenters. The van der Waals surface area contributed by atoms with Crippen molar-refractivity contribution in [2.75, 3.05) is 17.7 Å². The van der Waals surface area contributed by atoms with Gasteiger partial charge in [-0.15, -0.1) is 0 Å². The maximum atomic E-state index is 13.2. The number of H-pyrrole nitrogens is 1. The lowest BCUT2D eigenvalue weighted by atomic mass is 9.80. The average Bonchev–Trinajstić information content (AvgIpc) is 2.71. The second-order valence-corrected chi connectivity index (χ2v) is 8.26. The molecule has 6 nitrogen and oxygen atoms in total. The number of unbranched alkanes of at least 4 members (excludes halogenated alkanes) is 1. The summed E-state index contributed by atoms with van der Waals surface area (Å²) in [6.45, 7) is 9.61. The van der Waals surface area contributed by atoms with Crippen LogP contribution in [0.15, 0.2) is 58.1 Å². The van der Waals surface area contributed by atoms with E-state index in [9.17, 15) is 9.59 Å². The van der Waals surface area contributed by atoms with Crippen molar-refractivity contribution in [1.29, 1.82) is 0 Å². The van der Waals surface area contributed by atoms with E-state index < -0.39 is 11.9 Å². The predicted molar refractivity (Wildman–Crippen MR) is 121 cm³/mol. The zero-order valence-electron chi connectivity index (χ0n) is 17.6. The fraction of sp³-hybridized carbons (Fsp3) is 0.348. The highest BCUT2D eigenvalue weighted by Crippen LogP contribution is 2.41. The van der Waals surface area contributed by atoms with Crippen LogP contribution in [0.4, 0.5) is 5.82 Å². The zero-order chi connectivity index (χ0) is 21.7. The van der Waals surface area contributed by atoms with Crippen LogP contribution in [0.25, 0.3) is 0 Å². The molecule has 2 N–H and O–H groups in total. The van der Waals surface area contributed by atoms with E-state index in [0.29, 0.717) is 27.8 Å². The summed E-state index contributed by atoms with van der Waals surface area (Å²) in [4.78, 5) is 33.6. The normalized spacial score (nSPS) is 15.4. The Labute approximate surface area is 180 Å². The molecule has 0 bridgehead atoms. The number of carbonyl (C=O) groups excluding carboxylic acids is 1. The Bertz CT molecular complexity index is 1040. The van der Waals surface area contributed by atoms with Gasteiger partial charge in [0.25, 0.3) is 5.56 Å². The highest BCUT2D eigenvalue weighted by Gasteiger charge is 2.37. The molecule has 0 unspecified atom stereocenters. The minimum absolute atomic E-state index is 0.102. The number of anilines is 1. The molecular formula is C23H27N3O3S. The Morgan fingerprint density at radius 1 is 1.33 bits per heavy atom. The van der Waals surface area contributed by atoms with E-state index >= 15 is 0 Å². The van der Waals surface area contributed by atoms with Crippen molar-refractivity contribution in [1.82, 2.24) is 9.97 Å². The van der Waals surface area contributed by atoms with E-state index in [1.165, 1.54) is 17.8 Å². The quantitative estimate of drug-likeness (QED) is 0.213. The number of aryl methyl sites for hydroxylation is 1. The Kier molecular flexibility index (Phi) is 7.15. The van der Waals surface area contributed by atoms with Gasteiger partial charge in [-0.1, -0.05) is 62.0 Å². The molecule has 1 aromatic carbocycles. The zero-order valence-corrected chi connectivity index (χ0v) is 18.4. The molecule has 0 spiro atoms. The smallest absolute Gasteiger partial charge is 0.337 e. The van der Waals surface area contributed by atoms with Crippen molar-refractivity contribution in [2.45, 2.75) is 44.7 Å². The number of nitrogens with zero attached hydrogens (tertiary/aromatic N) is 1. The number of aromatic amines is 1. The summed E-state index contributed by atoms with van der Waals surface area (Å²) in [5.74, 6) is 0.335. The van der Waals surface area contributed by atoms with Crippen LogP contribution in [-0.4, -0.2) is 28.3 Å². The van der Waals surface area contributed by atoms with Gasteiger partial charge in [0.05, 0.1) is 17.1 Å². The van der Waals surface area contributed by atoms with Crippen LogP contribution >= 0.6 is 11.8 Å². The van der Waals surface area contributed by atoms with Gasteiger partial charge in [-0.2, -0.15) is 0 Å². The highest BCUT2D eigenvalue weighted by molar-refractivity contribution is 7.99. The molecular weight excluding hydrogens is 398 g/mol. The van der Waals surface area contributed by atoms with Crippen molar-refractivity contribution in [2.24, 2.45) is 0 Å². The first-order chi connectivity index (χ1) is 14.5. The van der Waals surface area contributed by atoms with Gasteiger partial charge >= 0.3 is 5.97 Å². The van der Waals surface area contributed by atoms with Crippen molar-refractivity contribution >= 4 is 23.5 Å². The first-order valence-corrected chi connectivity index (χ1v) is 11.0. The predicted octanol–water partition coefficient (Wildman–Crippen LogP) is 4.53. The Morgan fingerprint density at radius 2 is 2.10 bits per heavy atom. The highest BCUT2D eigenvalue weighted by atomic mass is 32.2. The van der Waals surface area contributed by atoms with Gasteiger partial charge in [-0.25, -0.2) is 9.78 Å². The fourth-order valence-corrected chi connectivity index (χ4v) is 4.46. The Morgan fingerprint density at radius 3 is 2.80 bits per heavy atom. The maximum absolute atomic E-state index is 13.2. The molecule has 2 aromatic rings. The SMILES string of the molecule is C=CCOC(=O)C1=C(C)Nc2nc(SCCCC)[nH]c(=O)c2[C@H]1c1ccccc1C. The molecule has 1 aliphatic rings. The van der Waals surface area contributed by atoms with Crippen molar-refractivity contribution in [3.05, 3.63) is 75.2 Å². The van der Waals surface area contributed by atoms with Gasteiger partial charge in [0.1, 0.15) is 12.4 Å². The lowest BCUT2D eigenvalue weighted by Crippen LogP contribution is -2.31. The van der Waals surface area contributed by atoms with E-state index in [4.69, 9.17) is 4.74 Å². The number of nitrogens with one attached hydrogen (secondary N) is 2. The van der Waals surface area contributed by atoms with E-state index in [-0.39, 0.29) is 12.2 Å². The van der Waals surface area contributed by atoms with E-state index in [0.717, 1.165) is 29.7 Å². The van der Waals surface area contributed by atoms with E-state index in [1.807, 2.05) is 38.1 Å². The third kappa shape index (κ3) is 4.51. The third-order valence-electron chi connectivity index (χ3n) is 5.01. The van der Waals surface area contributed by atoms with E-state index in [1.54, 1.807) is 0 Å². The summed E-state index contributed by atoms with van der Waals surface area (Å²) in [5, 5.41) is 3.74. The van der Waals surface area contributed by atoms with Gasteiger partial charge in [0, 0.05) is 11.4 Å². The minimum Gasteiger partial charge on any atom is -0.458 e. The van der Waals surface area contributed by atoms with Crippen molar-refractivity contribution in [3.8, 4) is 0 Å². The molecule has 2 heterocycles. The summed E-state index contributed by atoms with van der Waals surface area (Å²) < 4.78 is 5.35. The number of ether oxygens (including phenoxy) is 1. The summed E-state index contributed by atoms with van der Waals surface area (Å²) in [7, 11) is 0. The second-order valence-electron chi connectivity index (χ2n) is 7.18. The number of esters is 1. The number of allylic oxidation sites excluding steroid dienone is 1. The van der Waals surface area contributed by atoms with Crippen LogP contribution < -0.4 is 10.9 Å². The van der Waals surface area contributed by atoms with Crippen molar-refractivity contribution < 1.29 is 9.53 Å². The fourth-order valence-electron chi connectivity index (χ4n) is 3.52. The van der Waals surface area contributed by atoms with Gasteiger partial charge < -0.3 is 15.0 Å². The summed E-state index contributed by atoms with van der Waals surface area (Å²) >= 11 is 1.53. The van der Waals surface area contributed by atoms with Crippen LogP contribution in [0.1, 0.15) is 49.3 Å². The Hall–Kier alpha value is -2.80. The van der Waals surface area contributed by atoms with Gasteiger partial charge in [0.2, 0.25) is 0 Å². The van der Waals surface area contributed by atoms with Gasteiger partial charge in [0.15, 0.2) is 5.16 Å². The van der Waals surface area contributed by atoms with Crippen molar-refractivity contribution in [3.63, 3.8) is 0 Å². The lowest BCUT2D eigenvalue weighted by Gasteiger charge is -2.29. The minimum atomic E-state index is -0.564. The molecule has 1 aromatic heterocycles. The van der Waals surface area contributed by atoms with Crippen LogP contribution in [0, 0.1) is 6.92 Å².